The first-order chi connectivity index (χ1) is 12.1. The van der Waals surface area contributed by atoms with Gasteiger partial charge in [-0.1, -0.05) is 27.7 Å². The van der Waals surface area contributed by atoms with Crippen molar-refractivity contribution in [2.75, 3.05) is 11.1 Å². The molecule has 2 heterocycles. The van der Waals surface area contributed by atoms with Gasteiger partial charge in [0, 0.05) is 16.7 Å². The van der Waals surface area contributed by atoms with E-state index >= 15 is 0 Å². The van der Waals surface area contributed by atoms with E-state index < -0.39 is 0 Å². The lowest BCUT2D eigenvalue weighted by Gasteiger charge is -2.07. The van der Waals surface area contributed by atoms with E-state index in [2.05, 4.69) is 47.4 Å². The van der Waals surface area contributed by atoms with Crippen molar-refractivity contribution in [1.29, 1.82) is 0 Å². The summed E-state index contributed by atoms with van der Waals surface area (Å²) >= 11 is 7.99. The molecule has 1 amide bonds. The molecular formula is C16H14Br2N4O2S. The van der Waals surface area contributed by atoms with Gasteiger partial charge in [-0.05, 0) is 59.3 Å². The molecule has 3 aromatic rings. The Kier molecular flexibility index (Phi) is 5.98. The smallest absolute Gasteiger partial charge is 0.234 e. The summed E-state index contributed by atoms with van der Waals surface area (Å²) < 4.78 is 9.06. The highest BCUT2D eigenvalue weighted by atomic mass is 79.9. The normalized spacial score (nSPS) is 10.8. The Bertz CT molecular complexity index is 877. The zero-order chi connectivity index (χ0) is 17.8. The lowest BCUT2D eigenvalue weighted by molar-refractivity contribution is -0.113. The van der Waals surface area contributed by atoms with Gasteiger partial charge in [-0.2, -0.15) is 0 Å². The molecule has 0 aliphatic rings. The average molecular weight is 486 g/mol. The minimum Gasteiger partial charge on any atom is -0.446 e. The van der Waals surface area contributed by atoms with Gasteiger partial charge in [0.25, 0.3) is 0 Å². The number of carbonyl (C=O) groups excluding carboxylic acids is 1. The lowest BCUT2D eigenvalue weighted by atomic mass is 10.3. The van der Waals surface area contributed by atoms with Crippen molar-refractivity contribution in [1.82, 2.24) is 14.8 Å². The number of hydrogen-bond acceptors (Lipinski definition) is 5. The van der Waals surface area contributed by atoms with Gasteiger partial charge in [0.1, 0.15) is 0 Å². The zero-order valence-electron chi connectivity index (χ0n) is 13.2. The van der Waals surface area contributed by atoms with Crippen LogP contribution in [0, 0.1) is 0 Å². The van der Waals surface area contributed by atoms with Gasteiger partial charge < -0.3 is 9.73 Å². The number of hydrogen-bond donors (Lipinski definition) is 1. The van der Waals surface area contributed by atoms with E-state index in [0.29, 0.717) is 28.0 Å². The van der Waals surface area contributed by atoms with Crippen molar-refractivity contribution in [2.45, 2.75) is 18.6 Å². The SMILES string of the molecule is CCn1c(SCC(=O)Nc2ccc(Br)cc2)nnc1-c1ccc(Br)o1. The molecule has 0 atom stereocenters. The Morgan fingerprint density at radius 1 is 1.20 bits per heavy atom. The van der Waals surface area contributed by atoms with E-state index in [-0.39, 0.29) is 11.7 Å². The molecule has 0 unspecified atom stereocenters. The largest absolute Gasteiger partial charge is 0.446 e. The lowest BCUT2D eigenvalue weighted by Crippen LogP contribution is -2.14. The molecule has 0 fully saturated rings. The molecule has 0 saturated heterocycles. The Balaban J connectivity index is 1.66. The number of nitrogens with zero attached hydrogens (tertiary/aromatic N) is 3. The monoisotopic (exact) mass is 484 g/mol. The van der Waals surface area contributed by atoms with Crippen molar-refractivity contribution >= 4 is 55.2 Å². The van der Waals surface area contributed by atoms with Crippen LogP contribution in [0.3, 0.4) is 0 Å². The van der Waals surface area contributed by atoms with Crippen molar-refractivity contribution in [3.63, 3.8) is 0 Å². The van der Waals surface area contributed by atoms with Crippen molar-refractivity contribution in [3.05, 3.63) is 45.5 Å². The third-order valence-corrected chi connectivity index (χ3v) is 5.21. The number of halogens is 2. The van der Waals surface area contributed by atoms with Crippen LogP contribution in [0.5, 0.6) is 0 Å². The van der Waals surface area contributed by atoms with Gasteiger partial charge in [-0.25, -0.2) is 0 Å². The van der Waals surface area contributed by atoms with Crippen LogP contribution in [0.25, 0.3) is 11.6 Å². The summed E-state index contributed by atoms with van der Waals surface area (Å²) in [6, 6.07) is 11.1. The third kappa shape index (κ3) is 4.53. The second-order valence-corrected chi connectivity index (χ2v) is 7.64. The Hall–Kier alpha value is -1.58. The molecule has 2 aromatic heterocycles. The van der Waals surface area contributed by atoms with Crippen molar-refractivity contribution in [3.8, 4) is 11.6 Å². The summed E-state index contributed by atoms with van der Waals surface area (Å²) in [4.78, 5) is 12.1. The maximum absolute atomic E-state index is 12.1. The van der Waals surface area contributed by atoms with Gasteiger partial charge in [0.2, 0.25) is 11.7 Å². The summed E-state index contributed by atoms with van der Waals surface area (Å²) in [7, 11) is 0. The number of aromatic nitrogens is 3. The van der Waals surface area contributed by atoms with Gasteiger partial charge in [0.05, 0.1) is 5.75 Å². The number of amides is 1. The van der Waals surface area contributed by atoms with Crippen LogP contribution in [0.1, 0.15) is 6.92 Å². The number of carbonyl (C=O) groups is 1. The van der Waals surface area contributed by atoms with Crippen LogP contribution in [0.4, 0.5) is 5.69 Å². The van der Waals surface area contributed by atoms with Gasteiger partial charge >= 0.3 is 0 Å². The minimum atomic E-state index is -0.0970. The molecule has 25 heavy (non-hydrogen) atoms. The average Bonchev–Trinajstić information content (AvgIpc) is 3.20. The molecule has 9 heteroatoms. The number of rotatable bonds is 6. The van der Waals surface area contributed by atoms with Crippen molar-refractivity contribution < 1.29 is 9.21 Å². The van der Waals surface area contributed by atoms with E-state index in [9.17, 15) is 4.79 Å². The minimum absolute atomic E-state index is 0.0970. The molecular weight excluding hydrogens is 472 g/mol. The van der Waals surface area contributed by atoms with Crippen LogP contribution in [-0.2, 0) is 11.3 Å². The van der Waals surface area contributed by atoms with E-state index in [1.165, 1.54) is 11.8 Å². The molecule has 0 aliphatic carbocycles. The second-order valence-electron chi connectivity index (χ2n) is 5.00. The Morgan fingerprint density at radius 2 is 1.96 bits per heavy atom. The van der Waals surface area contributed by atoms with Gasteiger partial charge in [-0.15, -0.1) is 10.2 Å². The molecule has 0 radical (unpaired) electrons. The highest BCUT2D eigenvalue weighted by molar-refractivity contribution is 9.10. The standard InChI is InChI=1S/C16H14Br2N4O2S/c1-2-22-15(12-7-8-13(18)24-12)20-21-16(22)25-9-14(23)19-11-5-3-10(17)4-6-11/h3-8H,2,9H2,1H3,(H,19,23). The number of nitrogens with one attached hydrogen (secondary N) is 1. The summed E-state index contributed by atoms with van der Waals surface area (Å²) in [5.41, 5.74) is 0.756. The fraction of sp³-hybridized carbons (Fsp3) is 0.188. The van der Waals surface area contributed by atoms with E-state index in [4.69, 9.17) is 4.42 Å². The fourth-order valence-electron chi connectivity index (χ4n) is 2.16. The Labute approximate surface area is 165 Å². The van der Waals surface area contributed by atoms with E-state index in [1.807, 2.05) is 47.9 Å². The maximum Gasteiger partial charge on any atom is 0.234 e. The summed E-state index contributed by atoms with van der Waals surface area (Å²) in [6.45, 7) is 2.67. The molecule has 0 bridgehead atoms. The topological polar surface area (TPSA) is 73.0 Å². The van der Waals surface area contributed by atoms with Crippen LogP contribution in [0.15, 0.2) is 55.1 Å². The first-order valence-electron chi connectivity index (χ1n) is 7.44. The van der Waals surface area contributed by atoms with Crippen LogP contribution >= 0.6 is 43.6 Å². The summed E-state index contributed by atoms with van der Waals surface area (Å²) in [5.74, 6) is 1.42. The predicted molar refractivity (Wildman–Crippen MR) is 105 cm³/mol. The number of anilines is 1. The number of thioether (sulfide) groups is 1. The highest BCUT2D eigenvalue weighted by Crippen LogP contribution is 2.27. The summed E-state index contributed by atoms with van der Waals surface area (Å²) in [6.07, 6.45) is 0. The molecule has 6 nitrogen and oxygen atoms in total. The van der Waals surface area contributed by atoms with E-state index in [1.54, 1.807) is 0 Å². The molecule has 130 valence electrons. The Morgan fingerprint density at radius 3 is 2.60 bits per heavy atom. The molecule has 1 N–H and O–H groups in total. The first kappa shape index (κ1) is 18.2. The maximum atomic E-state index is 12.1. The van der Waals surface area contributed by atoms with Crippen LogP contribution < -0.4 is 5.32 Å². The highest BCUT2D eigenvalue weighted by Gasteiger charge is 2.17. The van der Waals surface area contributed by atoms with E-state index in [0.717, 1.165) is 10.2 Å². The van der Waals surface area contributed by atoms with Crippen LogP contribution in [0.2, 0.25) is 0 Å². The second kappa shape index (κ2) is 8.20. The quantitative estimate of drug-likeness (QED) is 0.507. The molecule has 0 spiro atoms. The predicted octanol–water partition coefficient (Wildman–Crippen LogP) is 4.81. The number of benzene rings is 1. The molecule has 3 rings (SSSR count). The van der Waals surface area contributed by atoms with Crippen molar-refractivity contribution in [2.24, 2.45) is 0 Å². The first-order valence-corrected chi connectivity index (χ1v) is 10.0. The number of furan rings is 1. The molecule has 1 aromatic carbocycles. The van der Waals surface area contributed by atoms with Gasteiger partial charge in [0.15, 0.2) is 15.6 Å². The van der Waals surface area contributed by atoms with Crippen LogP contribution in [-0.4, -0.2) is 26.4 Å². The molecule has 0 aliphatic heterocycles. The van der Waals surface area contributed by atoms with Gasteiger partial charge in [-0.3, -0.25) is 9.36 Å². The third-order valence-electron chi connectivity index (χ3n) is 3.29. The fourth-order valence-corrected chi connectivity index (χ4v) is 3.53. The molecule has 0 saturated carbocycles. The zero-order valence-corrected chi connectivity index (χ0v) is 17.2. The summed E-state index contributed by atoms with van der Waals surface area (Å²) in [5, 5.41) is 11.9.